The molecule has 1 atom stereocenters. The second-order valence-electron chi connectivity index (χ2n) is 4.74. The number of pyridine rings is 1. The van der Waals surface area contributed by atoms with Crippen LogP contribution in [0.25, 0.3) is 10.8 Å². The van der Waals surface area contributed by atoms with Crippen molar-refractivity contribution in [3.8, 4) is 0 Å². The minimum Gasteiger partial charge on any atom is -0.496 e. The number of likely N-dealkylation sites (N-methyl/N-ethyl adjacent to an activating group) is 1. The van der Waals surface area contributed by atoms with Crippen LogP contribution in [-0.4, -0.2) is 18.6 Å². The van der Waals surface area contributed by atoms with Crippen molar-refractivity contribution in [2.75, 3.05) is 13.7 Å². The molecule has 1 aromatic heterocycles. The molecule has 98 valence electrons. The van der Waals surface area contributed by atoms with Crippen molar-refractivity contribution in [1.82, 2.24) is 10.3 Å². The Bertz CT molecular complexity index is 601. The summed E-state index contributed by atoms with van der Waals surface area (Å²) in [6.07, 6.45) is 6.22. The van der Waals surface area contributed by atoms with E-state index in [1.807, 2.05) is 19.3 Å². The van der Waals surface area contributed by atoms with E-state index in [0.29, 0.717) is 0 Å². The Morgan fingerprint density at radius 1 is 1.26 bits per heavy atom. The molecule has 3 heteroatoms. The fraction of sp³-hybridized carbons (Fsp3) is 0.312. The summed E-state index contributed by atoms with van der Waals surface area (Å²) in [5, 5.41) is 5.72. The Labute approximate surface area is 113 Å². The number of fused-ring (bicyclic) bond motifs is 1. The van der Waals surface area contributed by atoms with Crippen molar-refractivity contribution < 1.29 is 4.74 Å². The molecule has 1 aromatic carbocycles. The van der Waals surface area contributed by atoms with E-state index in [4.69, 9.17) is 4.74 Å². The van der Waals surface area contributed by atoms with Crippen molar-refractivity contribution >= 4 is 10.8 Å². The molecule has 2 aromatic rings. The van der Waals surface area contributed by atoms with Gasteiger partial charge in [-0.05, 0) is 37.4 Å². The molecule has 0 fully saturated rings. The van der Waals surface area contributed by atoms with Crippen molar-refractivity contribution in [2.24, 2.45) is 0 Å². The van der Waals surface area contributed by atoms with Gasteiger partial charge >= 0.3 is 0 Å². The van der Waals surface area contributed by atoms with E-state index in [0.717, 1.165) is 30.9 Å². The smallest absolute Gasteiger partial charge is 0.115 e. The van der Waals surface area contributed by atoms with Crippen LogP contribution in [0.1, 0.15) is 24.6 Å². The highest BCUT2D eigenvalue weighted by atomic mass is 16.5. The van der Waals surface area contributed by atoms with Gasteiger partial charge in [-0.1, -0.05) is 24.3 Å². The minimum absolute atomic E-state index is 0.0337. The predicted octanol–water partition coefficient (Wildman–Crippen LogP) is 3.19. The lowest BCUT2D eigenvalue weighted by Gasteiger charge is -2.24. The second-order valence-corrected chi connectivity index (χ2v) is 4.74. The number of hydrogen-bond donors (Lipinski definition) is 1. The molecule has 19 heavy (non-hydrogen) atoms. The maximum Gasteiger partial charge on any atom is 0.115 e. The Hall–Kier alpha value is -1.87. The van der Waals surface area contributed by atoms with E-state index in [9.17, 15) is 0 Å². The Morgan fingerprint density at radius 3 is 2.95 bits per heavy atom. The van der Waals surface area contributed by atoms with Crippen LogP contribution >= 0.6 is 0 Å². The number of hydrogen-bond acceptors (Lipinski definition) is 3. The van der Waals surface area contributed by atoms with Gasteiger partial charge in [0.05, 0.1) is 12.3 Å². The molecule has 0 aliphatic carbocycles. The monoisotopic (exact) mass is 254 g/mol. The third-order valence-corrected chi connectivity index (χ3v) is 3.51. The molecular formula is C16H18N2O. The SMILES string of the molecule is CNC(C1=CCCCO1)c1nccc2ccccc12. The standard InChI is InChI=1S/C16H18N2O/c1-17-16(14-8-4-5-11-19-14)15-13-7-3-2-6-12(13)9-10-18-15/h2-3,6-10,16-17H,4-5,11H2,1H3. The number of nitrogens with one attached hydrogen (secondary N) is 1. The molecule has 2 heterocycles. The highest BCUT2D eigenvalue weighted by molar-refractivity contribution is 5.84. The first-order valence-electron chi connectivity index (χ1n) is 6.74. The third kappa shape index (κ3) is 2.34. The van der Waals surface area contributed by atoms with Gasteiger partial charge in [-0.3, -0.25) is 4.98 Å². The zero-order chi connectivity index (χ0) is 13.1. The minimum atomic E-state index is 0.0337. The van der Waals surface area contributed by atoms with E-state index in [-0.39, 0.29) is 6.04 Å². The van der Waals surface area contributed by atoms with Gasteiger partial charge in [0.15, 0.2) is 0 Å². The van der Waals surface area contributed by atoms with Crippen molar-refractivity contribution in [3.05, 3.63) is 54.1 Å². The lowest BCUT2D eigenvalue weighted by molar-refractivity contribution is 0.169. The van der Waals surface area contributed by atoms with E-state index in [1.54, 1.807) is 0 Å². The highest BCUT2D eigenvalue weighted by Crippen LogP contribution is 2.29. The van der Waals surface area contributed by atoms with Crippen molar-refractivity contribution in [3.63, 3.8) is 0 Å². The average molecular weight is 254 g/mol. The number of nitrogens with zero attached hydrogens (tertiary/aromatic N) is 1. The first-order valence-corrected chi connectivity index (χ1v) is 6.74. The molecule has 0 saturated heterocycles. The molecule has 1 aliphatic rings. The predicted molar refractivity (Wildman–Crippen MR) is 76.8 cm³/mol. The quantitative estimate of drug-likeness (QED) is 0.913. The molecule has 1 N–H and O–H groups in total. The van der Waals surface area contributed by atoms with Gasteiger partial charge in [-0.2, -0.15) is 0 Å². The highest BCUT2D eigenvalue weighted by Gasteiger charge is 2.21. The van der Waals surface area contributed by atoms with E-state index in [1.165, 1.54) is 10.8 Å². The zero-order valence-corrected chi connectivity index (χ0v) is 11.1. The van der Waals surface area contributed by atoms with E-state index < -0.39 is 0 Å². The number of allylic oxidation sites excluding steroid dienone is 1. The number of benzene rings is 1. The lowest BCUT2D eigenvalue weighted by atomic mass is 10.0. The van der Waals surface area contributed by atoms with Crippen LogP contribution in [0.5, 0.6) is 0 Å². The van der Waals surface area contributed by atoms with Gasteiger partial charge in [0.1, 0.15) is 11.8 Å². The first-order chi connectivity index (χ1) is 9.40. The van der Waals surface area contributed by atoms with Crippen molar-refractivity contribution in [2.45, 2.75) is 18.9 Å². The average Bonchev–Trinajstić information content (AvgIpc) is 2.49. The second kappa shape index (κ2) is 5.41. The van der Waals surface area contributed by atoms with Crippen LogP contribution in [0.4, 0.5) is 0 Å². The summed E-state index contributed by atoms with van der Waals surface area (Å²) in [5.74, 6) is 0.998. The Morgan fingerprint density at radius 2 is 2.16 bits per heavy atom. The van der Waals surface area contributed by atoms with Gasteiger partial charge in [0, 0.05) is 11.6 Å². The van der Waals surface area contributed by atoms with Crippen LogP contribution in [0.3, 0.4) is 0 Å². The molecular weight excluding hydrogens is 236 g/mol. The van der Waals surface area contributed by atoms with Crippen LogP contribution < -0.4 is 5.32 Å². The fourth-order valence-corrected chi connectivity index (χ4v) is 2.56. The summed E-state index contributed by atoms with van der Waals surface area (Å²) in [7, 11) is 1.95. The zero-order valence-electron chi connectivity index (χ0n) is 11.1. The van der Waals surface area contributed by atoms with Gasteiger partial charge < -0.3 is 10.1 Å². The molecule has 1 aliphatic heterocycles. The van der Waals surface area contributed by atoms with Crippen LogP contribution in [-0.2, 0) is 4.74 Å². The number of rotatable bonds is 3. The largest absolute Gasteiger partial charge is 0.496 e. The van der Waals surface area contributed by atoms with E-state index >= 15 is 0 Å². The summed E-state index contributed by atoms with van der Waals surface area (Å²) in [6.45, 7) is 0.800. The third-order valence-electron chi connectivity index (χ3n) is 3.51. The normalized spacial score (nSPS) is 16.8. The molecule has 0 bridgehead atoms. The molecule has 3 nitrogen and oxygen atoms in total. The summed E-state index contributed by atoms with van der Waals surface area (Å²) in [4.78, 5) is 4.57. The van der Waals surface area contributed by atoms with Gasteiger partial charge in [0.2, 0.25) is 0 Å². The lowest BCUT2D eigenvalue weighted by Crippen LogP contribution is -2.23. The van der Waals surface area contributed by atoms with Gasteiger partial charge in [-0.15, -0.1) is 0 Å². The molecule has 3 rings (SSSR count). The first kappa shape index (κ1) is 12.2. The number of ether oxygens (including phenoxy) is 1. The molecule has 0 saturated carbocycles. The van der Waals surface area contributed by atoms with Gasteiger partial charge in [-0.25, -0.2) is 0 Å². The maximum atomic E-state index is 5.79. The summed E-state index contributed by atoms with van der Waals surface area (Å²) in [6, 6.07) is 10.4. The summed E-state index contributed by atoms with van der Waals surface area (Å²) < 4.78 is 5.79. The van der Waals surface area contributed by atoms with Crippen LogP contribution in [0.2, 0.25) is 0 Å². The Balaban J connectivity index is 2.08. The number of aromatic nitrogens is 1. The van der Waals surface area contributed by atoms with Crippen LogP contribution in [0, 0.1) is 0 Å². The van der Waals surface area contributed by atoms with Crippen LogP contribution in [0.15, 0.2) is 48.4 Å². The van der Waals surface area contributed by atoms with Gasteiger partial charge in [0.25, 0.3) is 0 Å². The van der Waals surface area contributed by atoms with E-state index in [2.05, 4.69) is 40.6 Å². The molecule has 0 spiro atoms. The molecule has 1 unspecified atom stereocenters. The summed E-state index contributed by atoms with van der Waals surface area (Å²) in [5.41, 5.74) is 1.04. The summed E-state index contributed by atoms with van der Waals surface area (Å²) >= 11 is 0. The fourth-order valence-electron chi connectivity index (χ4n) is 2.56. The topological polar surface area (TPSA) is 34.1 Å². The Kier molecular flexibility index (Phi) is 3.47. The van der Waals surface area contributed by atoms with Crippen molar-refractivity contribution in [1.29, 1.82) is 0 Å². The maximum absolute atomic E-state index is 5.79. The molecule has 0 radical (unpaired) electrons. The molecule has 0 amide bonds.